The Balaban J connectivity index is 1.79. The molecule has 17 heavy (non-hydrogen) atoms. The lowest BCUT2D eigenvalue weighted by Gasteiger charge is -2.06. The second kappa shape index (κ2) is 3.35. The predicted molar refractivity (Wildman–Crippen MR) is 72.1 cm³/mol. The molecule has 2 aliphatic carbocycles. The van der Waals surface area contributed by atoms with E-state index in [9.17, 15) is 0 Å². The monoisotopic (exact) mass is 290 g/mol. The molecule has 0 saturated heterocycles. The third-order valence-electron chi connectivity index (χ3n) is 4.39. The maximum Gasteiger partial charge on any atom is 0.110 e. The van der Waals surface area contributed by atoms with E-state index in [1.165, 1.54) is 36.2 Å². The number of rotatable bonds is 1. The second-order valence-corrected chi connectivity index (χ2v) is 6.58. The molecule has 88 valence electrons. The van der Waals surface area contributed by atoms with Crippen LogP contribution >= 0.6 is 15.9 Å². The van der Waals surface area contributed by atoms with Gasteiger partial charge in [0.05, 0.1) is 11.0 Å². The van der Waals surface area contributed by atoms with Crippen molar-refractivity contribution in [3.05, 3.63) is 28.0 Å². The maximum absolute atomic E-state index is 4.81. The Morgan fingerprint density at radius 1 is 1.24 bits per heavy atom. The lowest BCUT2D eigenvalue weighted by molar-refractivity contribution is 0.597. The van der Waals surface area contributed by atoms with Crippen LogP contribution in [0.5, 0.6) is 0 Å². The van der Waals surface area contributed by atoms with Crippen LogP contribution in [0.1, 0.15) is 36.6 Å². The summed E-state index contributed by atoms with van der Waals surface area (Å²) in [5, 5.41) is 0. The van der Waals surface area contributed by atoms with Crippen LogP contribution in [0, 0.1) is 18.8 Å². The molecule has 1 N–H and O–H groups in total. The summed E-state index contributed by atoms with van der Waals surface area (Å²) >= 11 is 3.54. The average molecular weight is 291 g/mol. The lowest BCUT2D eigenvalue weighted by atomic mass is 10.0. The van der Waals surface area contributed by atoms with Crippen molar-refractivity contribution >= 4 is 27.0 Å². The normalized spacial score (nSPS) is 30.8. The van der Waals surface area contributed by atoms with Crippen LogP contribution in [0.3, 0.4) is 0 Å². The Kier molecular flexibility index (Phi) is 1.99. The molecule has 1 aromatic heterocycles. The quantitative estimate of drug-likeness (QED) is 0.840. The fourth-order valence-corrected chi connectivity index (χ4v) is 3.97. The Labute approximate surface area is 109 Å². The Hall–Kier alpha value is -0.830. The summed E-state index contributed by atoms with van der Waals surface area (Å²) in [6.07, 6.45) is 4.18. The Morgan fingerprint density at radius 3 is 2.76 bits per heavy atom. The van der Waals surface area contributed by atoms with Gasteiger partial charge in [-0.3, -0.25) is 0 Å². The van der Waals surface area contributed by atoms with E-state index < -0.39 is 0 Å². The molecule has 0 amide bonds. The number of nitrogens with one attached hydrogen (secondary N) is 1. The first-order valence-corrected chi connectivity index (χ1v) is 7.16. The maximum atomic E-state index is 4.81. The summed E-state index contributed by atoms with van der Waals surface area (Å²) in [6, 6.07) is 4.27. The highest BCUT2D eigenvalue weighted by molar-refractivity contribution is 9.10. The zero-order chi connectivity index (χ0) is 11.6. The number of fused-ring (bicyclic) bond motifs is 2. The number of halogens is 1. The summed E-state index contributed by atoms with van der Waals surface area (Å²) < 4.78 is 1.13. The van der Waals surface area contributed by atoms with E-state index in [2.05, 4.69) is 40.0 Å². The van der Waals surface area contributed by atoms with Crippen LogP contribution in [0.4, 0.5) is 0 Å². The van der Waals surface area contributed by atoms with Crippen molar-refractivity contribution in [3.63, 3.8) is 0 Å². The SMILES string of the molecule is Cc1cc(Br)cc2[nH]c(C3CC4CC4C3)nc12. The smallest absolute Gasteiger partial charge is 0.110 e. The van der Waals surface area contributed by atoms with Gasteiger partial charge in [0.1, 0.15) is 5.82 Å². The number of benzene rings is 1. The third kappa shape index (κ3) is 1.55. The van der Waals surface area contributed by atoms with Gasteiger partial charge in [-0.1, -0.05) is 15.9 Å². The number of imidazole rings is 1. The molecule has 2 saturated carbocycles. The summed E-state index contributed by atoms with van der Waals surface area (Å²) in [4.78, 5) is 8.33. The lowest BCUT2D eigenvalue weighted by Crippen LogP contribution is -1.97. The molecule has 2 fully saturated rings. The molecule has 2 nitrogen and oxygen atoms in total. The van der Waals surface area contributed by atoms with Crippen LogP contribution in [-0.4, -0.2) is 9.97 Å². The van der Waals surface area contributed by atoms with Crippen LogP contribution in [0.2, 0.25) is 0 Å². The highest BCUT2D eigenvalue weighted by Gasteiger charge is 2.46. The number of aromatic nitrogens is 2. The van der Waals surface area contributed by atoms with Gasteiger partial charge in [0.15, 0.2) is 0 Å². The minimum absolute atomic E-state index is 0.685. The van der Waals surface area contributed by atoms with E-state index in [-0.39, 0.29) is 0 Å². The van der Waals surface area contributed by atoms with Crippen molar-refractivity contribution in [2.45, 2.75) is 32.1 Å². The standard InChI is InChI=1S/C14H15BrN2/c1-7-2-11(15)6-12-13(7)17-14(16-12)10-4-8-3-9(8)5-10/h2,6,8-10H,3-5H2,1H3,(H,16,17). The van der Waals surface area contributed by atoms with Crippen molar-refractivity contribution in [1.29, 1.82) is 0 Å². The molecular weight excluding hydrogens is 276 g/mol. The summed E-state index contributed by atoms with van der Waals surface area (Å²) in [6.45, 7) is 2.13. The van der Waals surface area contributed by atoms with Gasteiger partial charge >= 0.3 is 0 Å². The third-order valence-corrected chi connectivity index (χ3v) is 4.85. The van der Waals surface area contributed by atoms with Crippen molar-refractivity contribution in [2.75, 3.05) is 0 Å². The number of H-pyrrole nitrogens is 1. The minimum atomic E-state index is 0.685. The van der Waals surface area contributed by atoms with E-state index in [1.54, 1.807) is 0 Å². The fourth-order valence-electron chi connectivity index (χ4n) is 3.40. The van der Waals surface area contributed by atoms with Crippen LogP contribution in [0.25, 0.3) is 11.0 Å². The first-order valence-electron chi connectivity index (χ1n) is 6.36. The fraction of sp³-hybridized carbons (Fsp3) is 0.500. The number of nitrogens with zero attached hydrogens (tertiary/aromatic N) is 1. The number of aromatic amines is 1. The number of hydrogen-bond donors (Lipinski definition) is 1. The first-order chi connectivity index (χ1) is 8.20. The minimum Gasteiger partial charge on any atom is -0.342 e. The van der Waals surface area contributed by atoms with Gasteiger partial charge in [-0.15, -0.1) is 0 Å². The highest BCUT2D eigenvalue weighted by atomic mass is 79.9. The molecule has 2 unspecified atom stereocenters. The van der Waals surface area contributed by atoms with E-state index in [1.807, 2.05) is 0 Å². The van der Waals surface area contributed by atoms with Crippen LogP contribution in [0.15, 0.2) is 16.6 Å². The van der Waals surface area contributed by atoms with Gasteiger partial charge in [-0.05, 0) is 55.7 Å². The number of hydrogen-bond acceptors (Lipinski definition) is 1. The molecule has 2 aliphatic rings. The molecule has 1 aromatic carbocycles. The molecule has 0 spiro atoms. The van der Waals surface area contributed by atoms with E-state index in [4.69, 9.17) is 4.98 Å². The summed E-state index contributed by atoms with van der Waals surface area (Å²) in [5.41, 5.74) is 3.57. The van der Waals surface area contributed by atoms with Crippen LogP contribution in [-0.2, 0) is 0 Å². The molecule has 0 bridgehead atoms. The van der Waals surface area contributed by atoms with Gasteiger partial charge in [-0.2, -0.15) is 0 Å². The summed E-state index contributed by atoms with van der Waals surface area (Å²) in [7, 11) is 0. The predicted octanol–water partition coefficient (Wildman–Crippen LogP) is 4.15. The van der Waals surface area contributed by atoms with Gasteiger partial charge < -0.3 is 4.98 Å². The van der Waals surface area contributed by atoms with E-state index >= 15 is 0 Å². The van der Waals surface area contributed by atoms with Crippen molar-refractivity contribution in [1.82, 2.24) is 9.97 Å². The van der Waals surface area contributed by atoms with Crippen molar-refractivity contribution in [2.24, 2.45) is 11.8 Å². The highest BCUT2D eigenvalue weighted by Crippen LogP contribution is 2.57. The zero-order valence-corrected chi connectivity index (χ0v) is 11.4. The van der Waals surface area contributed by atoms with Gasteiger partial charge in [0, 0.05) is 10.4 Å². The average Bonchev–Trinajstić information content (AvgIpc) is 2.76. The van der Waals surface area contributed by atoms with Gasteiger partial charge in [-0.25, -0.2) is 4.98 Å². The molecule has 2 aromatic rings. The second-order valence-electron chi connectivity index (χ2n) is 5.67. The molecule has 4 rings (SSSR count). The van der Waals surface area contributed by atoms with Crippen molar-refractivity contribution < 1.29 is 0 Å². The molecule has 1 heterocycles. The number of aryl methyl sites for hydroxylation is 1. The molecule has 3 heteroatoms. The molecule has 0 aliphatic heterocycles. The first kappa shape index (κ1) is 10.1. The topological polar surface area (TPSA) is 28.7 Å². The van der Waals surface area contributed by atoms with Gasteiger partial charge in [0.25, 0.3) is 0 Å². The summed E-state index contributed by atoms with van der Waals surface area (Å²) in [5.74, 6) is 3.93. The van der Waals surface area contributed by atoms with E-state index in [0.717, 1.165) is 21.8 Å². The van der Waals surface area contributed by atoms with Gasteiger partial charge in [0.2, 0.25) is 0 Å². The zero-order valence-electron chi connectivity index (χ0n) is 9.83. The van der Waals surface area contributed by atoms with Crippen LogP contribution < -0.4 is 0 Å². The largest absolute Gasteiger partial charge is 0.342 e. The molecular formula is C14H15BrN2. The Bertz CT molecular complexity index is 592. The Morgan fingerprint density at radius 2 is 2.00 bits per heavy atom. The molecule has 2 atom stereocenters. The van der Waals surface area contributed by atoms with E-state index in [0.29, 0.717) is 5.92 Å². The molecule has 0 radical (unpaired) electrons. The van der Waals surface area contributed by atoms with Crippen molar-refractivity contribution in [3.8, 4) is 0 Å².